The van der Waals surface area contributed by atoms with E-state index in [1.165, 1.54) is 11.8 Å². The summed E-state index contributed by atoms with van der Waals surface area (Å²) in [5.41, 5.74) is 3.40. The van der Waals surface area contributed by atoms with Gasteiger partial charge in [0.05, 0.1) is 5.75 Å². The lowest BCUT2D eigenvalue weighted by Crippen LogP contribution is -2.30. The maximum absolute atomic E-state index is 13.5. The fourth-order valence-corrected chi connectivity index (χ4v) is 5.13. The van der Waals surface area contributed by atoms with E-state index in [-0.39, 0.29) is 17.4 Å². The molecule has 5 rings (SSSR count). The maximum atomic E-state index is 13.5. The van der Waals surface area contributed by atoms with Gasteiger partial charge in [-0.1, -0.05) is 78.3 Å². The average Bonchev–Trinajstić information content (AvgIpc) is 3.09. The number of carbonyl (C=O) groups excluding carboxylic acids is 3. The summed E-state index contributed by atoms with van der Waals surface area (Å²) in [4.78, 5) is 39.8. The quantitative estimate of drug-likeness (QED) is 0.0940. The number of ether oxygens (including phenoxy) is 1. The minimum atomic E-state index is -0.503. The van der Waals surface area contributed by atoms with Crippen molar-refractivity contribution >= 4 is 58.5 Å². The van der Waals surface area contributed by atoms with Crippen LogP contribution in [0.25, 0.3) is 6.08 Å². The van der Waals surface area contributed by atoms with Gasteiger partial charge < -0.3 is 20.7 Å². The highest BCUT2D eigenvalue weighted by molar-refractivity contribution is 8.00. The highest BCUT2D eigenvalue weighted by Gasteiger charge is 2.16. The fraction of sp³-hybridized carbons (Fsp3) is 0.0541. The molecule has 3 N–H and O–H groups in total. The molecule has 0 atom stereocenters. The van der Waals surface area contributed by atoms with E-state index in [0.29, 0.717) is 39.9 Å². The normalized spacial score (nSPS) is 10.9. The Bertz CT molecular complexity index is 1810. The summed E-state index contributed by atoms with van der Waals surface area (Å²) >= 11 is 7.24. The van der Waals surface area contributed by atoms with Crippen LogP contribution in [0.3, 0.4) is 0 Å². The molecule has 0 saturated heterocycles. The Morgan fingerprint density at radius 1 is 0.717 bits per heavy atom. The molecule has 0 aliphatic rings. The molecule has 0 fully saturated rings. The monoisotopic (exact) mass is 647 g/mol. The van der Waals surface area contributed by atoms with Crippen molar-refractivity contribution in [1.82, 2.24) is 5.32 Å². The molecule has 0 unspecified atom stereocenters. The number of carbonyl (C=O) groups is 3. The number of nitrogens with one attached hydrogen (secondary N) is 3. The van der Waals surface area contributed by atoms with Gasteiger partial charge in [-0.2, -0.15) is 0 Å². The number of benzene rings is 5. The van der Waals surface area contributed by atoms with Crippen molar-refractivity contribution in [2.75, 3.05) is 16.4 Å². The lowest BCUT2D eigenvalue weighted by Gasteiger charge is -2.12. The van der Waals surface area contributed by atoms with E-state index >= 15 is 0 Å². The van der Waals surface area contributed by atoms with Crippen LogP contribution in [0, 0.1) is 0 Å². The molecule has 46 heavy (non-hydrogen) atoms. The lowest BCUT2D eigenvalue weighted by atomic mass is 10.1. The predicted molar refractivity (Wildman–Crippen MR) is 185 cm³/mol. The predicted octanol–water partition coefficient (Wildman–Crippen LogP) is 8.06. The van der Waals surface area contributed by atoms with E-state index in [4.69, 9.17) is 16.3 Å². The van der Waals surface area contributed by atoms with Crippen molar-refractivity contribution in [3.63, 3.8) is 0 Å². The second-order valence-electron chi connectivity index (χ2n) is 10.0. The van der Waals surface area contributed by atoms with Gasteiger partial charge >= 0.3 is 0 Å². The van der Waals surface area contributed by atoms with Crippen LogP contribution in [0.2, 0.25) is 5.02 Å². The van der Waals surface area contributed by atoms with Gasteiger partial charge in [-0.3, -0.25) is 14.4 Å². The number of hydrogen-bond acceptors (Lipinski definition) is 5. The minimum absolute atomic E-state index is 0.0622. The minimum Gasteiger partial charge on any atom is -0.489 e. The number of thioether (sulfide) groups is 1. The first kappa shape index (κ1) is 32.1. The summed E-state index contributed by atoms with van der Waals surface area (Å²) in [5.74, 6) is -0.246. The van der Waals surface area contributed by atoms with Crippen LogP contribution in [0.5, 0.6) is 5.75 Å². The first-order chi connectivity index (χ1) is 22.4. The van der Waals surface area contributed by atoms with E-state index in [2.05, 4.69) is 16.0 Å². The summed E-state index contributed by atoms with van der Waals surface area (Å²) in [6, 6.07) is 39.8. The van der Waals surface area contributed by atoms with Crippen LogP contribution >= 0.6 is 23.4 Å². The van der Waals surface area contributed by atoms with Gasteiger partial charge in [0.1, 0.15) is 18.1 Å². The molecule has 0 bridgehead atoms. The molecule has 0 aromatic heterocycles. The average molecular weight is 648 g/mol. The molecule has 0 aliphatic heterocycles. The Morgan fingerprint density at radius 3 is 2.13 bits per heavy atom. The van der Waals surface area contributed by atoms with E-state index in [1.807, 2.05) is 66.7 Å². The van der Waals surface area contributed by atoms with Gasteiger partial charge in [-0.25, -0.2) is 0 Å². The van der Waals surface area contributed by atoms with E-state index in [1.54, 1.807) is 72.8 Å². The van der Waals surface area contributed by atoms with E-state index in [9.17, 15) is 14.4 Å². The van der Waals surface area contributed by atoms with E-state index < -0.39 is 11.8 Å². The molecule has 230 valence electrons. The van der Waals surface area contributed by atoms with Crippen molar-refractivity contribution in [2.45, 2.75) is 11.5 Å². The zero-order valence-corrected chi connectivity index (χ0v) is 26.2. The van der Waals surface area contributed by atoms with Crippen molar-refractivity contribution in [2.24, 2.45) is 0 Å². The molecule has 5 aromatic carbocycles. The molecule has 9 heteroatoms. The standard InChI is InChI=1S/C37H30ClN3O4S/c38-29-16-18-30(19-17-29)39-35(42)25-46-33-13-7-12-31(23-33)40-37(44)34(41-36(43)28-10-5-2-6-11-28)22-26-14-20-32(21-15-26)45-24-27-8-3-1-4-9-27/h1-23H,24-25H2,(H,39,42)(H,40,44)(H,41,43)/b34-22-. The molecular formula is C37H30ClN3O4S. The Balaban J connectivity index is 1.26. The third kappa shape index (κ3) is 9.85. The number of amides is 3. The smallest absolute Gasteiger partial charge is 0.272 e. The summed E-state index contributed by atoms with van der Waals surface area (Å²) in [6.45, 7) is 0.432. The zero-order valence-electron chi connectivity index (χ0n) is 24.6. The van der Waals surface area contributed by atoms with Crippen molar-refractivity contribution in [3.8, 4) is 5.75 Å². The highest BCUT2D eigenvalue weighted by atomic mass is 35.5. The van der Waals surface area contributed by atoms with Gasteiger partial charge in [0.15, 0.2) is 0 Å². The molecule has 5 aromatic rings. The van der Waals surface area contributed by atoms with Crippen LogP contribution in [-0.2, 0) is 16.2 Å². The topological polar surface area (TPSA) is 96.5 Å². The van der Waals surface area contributed by atoms with Crippen LogP contribution in [0.15, 0.2) is 144 Å². The van der Waals surface area contributed by atoms with E-state index in [0.717, 1.165) is 10.5 Å². The van der Waals surface area contributed by atoms with Crippen molar-refractivity contribution < 1.29 is 19.1 Å². The molecule has 0 radical (unpaired) electrons. The fourth-order valence-electron chi connectivity index (χ4n) is 4.25. The second-order valence-corrected chi connectivity index (χ2v) is 11.5. The zero-order chi connectivity index (χ0) is 32.1. The second kappa shape index (κ2) is 16.1. The van der Waals surface area contributed by atoms with Gasteiger partial charge in [0.2, 0.25) is 5.91 Å². The molecule has 0 heterocycles. The summed E-state index contributed by atoms with van der Waals surface area (Å²) in [6.07, 6.45) is 1.61. The molecule has 0 spiro atoms. The van der Waals surface area contributed by atoms with Crippen molar-refractivity contribution in [1.29, 1.82) is 0 Å². The Hall–Kier alpha value is -5.31. The van der Waals surface area contributed by atoms with Crippen LogP contribution < -0.4 is 20.7 Å². The number of halogens is 1. The Kier molecular flexibility index (Phi) is 11.3. The van der Waals surface area contributed by atoms with Gasteiger partial charge in [-0.15, -0.1) is 11.8 Å². The van der Waals surface area contributed by atoms with Crippen LogP contribution in [0.1, 0.15) is 21.5 Å². The maximum Gasteiger partial charge on any atom is 0.272 e. The molecule has 0 aliphatic carbocycles. The summed E-state index contributed by atoms with van der Waals surface area (Å²) in [7, 11) is 0. The Labute approximate surface area is 276 Å². The van der Waals surface area contributed by atoms with Gasteiger partial charge in [0.25, 0.3) is 11.8 Å². The third-order valence-electron chi connectivity index (χ3n) is 6.56. The first-order valence-corrected chi connectivity index (χ1v) is 15.7. The highest BCUT2D eigenvalue weighted by Crippen LogP contribution is 2.23. The first-order valence-electron chi connectivity index (χ1n) is 14.4. The molecular weight excluding hydrogens is 618 g/mol. The van der Waals surface area contributed by atoms with Gasteiger partial charge in [-0.05, 0) is 83.9 Å². The lowest BCUT2D eigenvalue weighted by molar-refractivity contribution is -0.114. The number of hydrogen-bond donors (Lipinski definition) is 3. The third-order valence-corrected chi connectivity index (χ3v) is 7.80. The van der Waals surface area contributed by atoms with Crippen LogP contribution in [-0.4, -0.2) is 23.5 Å². The summed E-state index contributed by atoms with van der Waals surface area (Å²) in [5, 5.41) is 9.04. The Morgan fingerprint density at radius 2 is 1.41 bits per heavy atom. The van der Waals surface area contributed by atoms with Crippen molar-refractivity contribution in [3.05, 3.63) is 161 Å². The SMILES string of the molecule is O=C(CSc1cccc(NC(=O)/C(=C/c2ccc(OCc3ccccc3)cc2)NC(=O)c2ccccc2)c1)Nc1ccc(Cl)cc1. The number of anilines is 2. The van der Waals surface area contributed by atoms with Crippen LogP contribution in [0.4, 0.5) is 11.4 Å². The largest absolute Gasteiger partial charge is 0.489 e. The molecule has 7 nitrogen and oxygen atoms in total. The summed E-state index contributed by atoms with van der Waals surface area (Å²) < 4.78 is 5.88. The number of rotatable bonds is 12. The molecule has 0 saturated carbocycles. The molecule has 3 amide bonds. The van der Waals surface area contributed by atoms with Gasteiger partial charge in [0, 0.05) is 26.9 Å².